The Morgan fingerprint density at radius 1 is 1.00 bits per heavy atom. The lowest BCUT2D eigenvalue weighted by atomic mass is 10.00. The quantitative estimate of drug-likeness (QED) is 0.645. The summed E-state index contributed by atoms with van der Waals surface area (Å²) in [6.45, 7) is 0. The molecule has 0 aromatic heterocycles. The molecule has 0 unspecified atom stereocenters. The molecular formula is C14H8ClF5O. The first-order valence-corrected chi connectivity index (χ1v) is 6.08. The number of alkyl halides is 5. The van der Waals surface area contributed by atoms with E-state index in [0.29, 0.717) is 0 Å². The Kier molecular flexibility index (Phi) is 4.37. The smallest absolute Gasteiger partial charge is 0.406 e. The van der Waals surface area contributed by atoms with E-state index in [9.17, 15) is 22.0 Å². The van der Waals surface area contributed by atoms with Crippen molar-refractivity contribution in [3.8, 4) is 16.9 Å². The lowest BCUT2D eigenvalue weighted by Gasteiger charge is -2.12. The predicted octanol–water partition coefficient (Wildman–Crippen LogP) is 5.84. The van der Waals surface area contributed by atoms with E-state index < -0.39 is 18.5 Å². The second-order valence-corrected chi connectivity index (χ2v) is 4.54. The first-order chi connectivity index (χ1) is 9.76. The summed E-state index contributed by atoms with van der Waals surface area (Å²) >= 11 is 5.66. The average Bonchev–Trinajstić information content (AvgIpc) is 2.36. The van der Waals surface area contributed by atoms with Crippen LogP contribution in [0, 0.1) is 0 Å². The van der Waals surface area contributed by atoms with Crippen molar-refractivity contribution in [1.29, 1.82) is 0 Å². The number of hydrogen-bond acceptors (Lipinski definition) is 1. The predicted molar refractivity (Wildman–Crippen MR) is 68.5 cm³/mol. The Morgan fingerprint density at radius 3 is 2.33 bits per heavy atom. The molecule has 0 N–H and O–H groups in total. The van der Waals surface area contributed by atoms with Gasteiger partial charge in [0.25, 0.3) is 6.43 Å². The molecule has 0 fully saturated rings. The van der Waals surface area contributed by atoms with E-state index in [2.05, 4.69) is 4.74 Å². The molecule has 1 nitrogen and oxygen atoms in total. The van der Waals surface area contributed by atoms with E-state index in [1.54, 1.807) is 0 Å². The molecule has 21 heavy (non-hydrogen) atoms. The van der Waals surface area contributed by atoms with E-state index in [1.807, 2.05) is 0 Å². The zero-order chi connectivity index (χ0) is 15.6. The van der Waals surface area contributed by atoms with E-state index in [-0.39, 0.29) is 21.7 Å². The topological polar surface area (TPSA) is 9.23 Å². The summed E-state index contributed by atoms with van der Waals surface area (Å²) in [6.07, 6.45) is -7.64. The van der Waals surface area contributed by atoms with E-state index >= 15 is 0 Å². The van der Waals surface area contributed by atoms with Crippen molar-refractivity contribution in [2.24, 2.45) is 0 Å². The van der Waals surface area contributed by atoms with Crippen LogP contribution in [-0.4, -0.2) is 6.36 Å². The van der Waals surface area contributed by atoms with Gasteiger partial charge in [-0.1, -0.05) is 29.8 Å². The molecule has 112 valence electrons. The minimum Gasteiger partial charge on any atom is -0.406 e. The van der Waals surface area contributed by atoms with Crippen molar-refractivity contribution in [3.05, 3.63) is 53.1 Å². The molecule has 7 heteroatoms. The average molecular weight is 323 g/mol. The molecule has 0 aliphatic heterocycles. The number of hydrogen-bond donors (Lipinski definition) is 0. The van der Waals surface area contributed by atoms with Crippen LogP contribution in [0.1, 0.15) is 12.0 Å². The lowest BCUT2D eigenvalue weighted by molar-refractivity contribution is -0.274. The molecular weight excluding hydrogens is 315 g/mol. The van der Waals surface area contributed by atoms with Crippen molar-refractivity contribution in [3.63, 3.8) is 0 Å². The molecule has 0 bridgehead atoms. The largest absolute Gasteiger partial charge is 0.573 e. The second kappa shape index (κ2) is 5.89. The fourth-order valence-electron chi connectivity index (χ4n) is 1.84. The highest BCUT2D eigenvalue weighted by Crippen LogP contribution is 2.35. The molecule has 0 spiro atoms. The fraction of sp³-hybridized carbons (Fsp3) is 0.143. The SMILES string of the molecule is FC(F)c1cc(Cl)ccc1-c1cccc(OC(F)(F)F)c1. The standard InChI is InChI=1S/C14H8ClF5O/c15-9-4-5-11(12(7-9)13(16)17)8-2-1-3-10(6-8)21-14(18,19)20/h1-7,13H. The number of rotatable bonds is 3. The molecule has 0 amide bonds. The zero-order valence-corrected chi connectivity index (χ0v) is 11.1. The van der Waals surface area contributed by atoms with Gasteiger partial charge in [-0.3, -0.25) is 0 Å². The van der Waals surface area contributed by atoms with Crippen LogP contribution < -0.4 is 4.74 Å². The fourth-order valence-corrected chi connectivity index (χ4v) is 2.02. The number of benzene rings is 2. The third-order valence-corrected chi connectivity index (χ3v) is 2.86. The summed E-state index contributed by atoms with van der Waals surface area (Å²) in [7, 11) is 0. The van der Waals surface area contributed by atoms with Crippen LogP contribution in [-0.2, 0) is 0 Å². The van der Waals surface area contributed by atoms with Crippen LogP contribution in [0.2, 0.25) is 5.02 Å². The van der Waals surface area contributed by atoms with Gasteiger partial charge in [0.2, 0.25) is 0 Å². The van der Waals surface area contributed by atoms with Gasteiger partial charge >= 0.3 is 6.36 Å². The highest BCUT2D eigenvalue weighted by atomic mass is 35.5. The second-order valence-electron chi connectivity index (χ2n) is 4.11. The Hall–Kier alpha value is -1.82. The number of halogens is 6. The zero-order valence-electron chi connectivity index (χ0n) is 10.3. The summed E-state index contributed by atoms with van der Waals surface area (Å²) in [5, 5.41) is 0.122. The van der Waals surface area contributed by atoms with Gasteiger partial charge in [-0.05, 0) is 35.4 Å². The van der Waals surface area contributed by atoms with Gasteiger partial charge in [0.05, 0.1) is 0 Å². The molecule has 0 saturated heterocycles. The van der Waals surface area contributed by atoms with Crippen LogP contribution in [0.3, 0.4) is 0 Å². The molecule has 0 aliphatic rings. The van der Waals surface area contributed by atoms with E-state index in [1.165, 1.54) is 24.3 Å². The minimum atomic E-state index is -4.84. The minimum absolute atomic E-state index is 0.0991. The normalized spacial score (nSPS) is 11.8. The van der Waals surface area contributed by atoms with Gasteiger partial charge in [-0.2, -0.15) is 0 Å². The lowest BCUT2D eigenvalue weighted by Crippen LogP contribution is -2.17. The molecule has 0 aliphatic carbocycles. The van der Waals surface area contributed by atoms with E-state index in [4.69, 9.17) is 11.6 Å². The Bertz CT molecular complexity index is 640. The van der Waals surface area contributed by atoms with Gasteiger partial charge in [-0.25, -0.2) is 8.78 Å². The third kappa shape index (κ3) is 4.07. The summed E-state index contributed by atoms with van der Waals surface area (Å²) in [6, 6.07) is 8.64. The third-order valence-electron chi connectivity index (χ3n) is 2.63. The van der Waals surface area contributed by atoms with Gasteiger partial charge in [0.15, 0.2) is 0 Å². The highest BCUT2D eigenvalue weighted by Gasteiger charge is 2.31. The Labute approximate surface area is 121 Å². The van der Waals surface area contributed by atoms with Crippen molar-refractivity contribution in [2.75, 3.05) is 0 Å². The maximum Gasteiger partial charge on any atom is 0.573 e. The maximum absolute atomic E-state index is 13.0. The summed E-state index contributed by atoms with van der Waals surface area (Å²) in [4.78, 5) is 0. The number of ether oxygens (including phenoxy) is 1. The first-order valence-electron chi connectivity index (χ1n) is 5.70. The molecule has 2 aromatic carbocycles. The Morgan fingerprint density at radius 2 is 1.71 bits per heavy atom. The van der Waals surface area contributed by atoms with Crippen LogP contribution in [0.4, 0.5) is 22.0 Å². The molecule has 2 aromatic rings. The van der Waals surface area contributed by atoms with Gasteiger partial charge in [0.1, 0.15) is 5.75 Å². The van der Waals surface area contributed by atoms with Crippen molar-refractivity contribution in [2.45, 2.75) is 12.8 Å². The van der Waals surface area contributed by atoms with E-state index in [0.717, 1.165) is 18.2 Å². The monoisotopic (exact) mass is 322 g/mol. The molecule has 0 heterocycles. The van der Waals surface area contributed by atoms with Crippen molar-refractivity contribution in [1.82, 2.24) is 0 Å². The van der Waals surface area contributed by atoms with Crippen LogP contribution in [0.15, 0.2) is 42.5 Å². The van der Waals surface area contributed by atoms with Crippen LogP contribution in [0.25, 0.3) is 11.1 Å². The molecule has 0 saturated carbocycles. The Balaban J connectivity index is 2.45. The molecule has 0 atom stereocenters. The summed E-state index contributed by atoms with van der Waals surface area (Å²) in [5.41, 5.74) is -0.0719. The highest BCUT2D eigenvalue weighted by molar-refractivity contribution is 6.30. The first kappa shape index (κ1) is 15.6. The van der Waals surface area contributed by atoms with Gasteiger partial charge in [0, 0.05) is 10.6 Å². The van der Waals surface area contributed by atoms with Crippen molar-refractivity contribution >= 4 is 11.6 Å². The molecule has 0 radical (unpaired) electrons. The van der Waals surface area contributed by atoms with Crippen LogP contribution in [0.5, 0.6) is 5.75 Å². The van der Waals surface area contributed by atoms with Gasteiger partial charge in [-0.15, -0.1) is 13.2 Å². The summed E-state index contributed by atoms with van der Waals surface area (Å²) < 4.78 is 66.3. The van der Waals surface area contributed by atoms with Crippen LogP contribution >= 0.6 is 11.6 Å². The maximum atomic E-state index is 13.0. The van der Waals surface area contributed by atoms with Crippen molar-refractivity contribution < 1.29 is 26.7 Å². The van der Waals surface area contributed by atoms with Gasteiger partial charge < -0.3 is 4.74 Å². The molecule has 2 rings (SSSR count). The summed E-state index contributed by atoms with van der Waals surface area (Å²) in [5.74, 6) is -0.477.